The number of fused-ring (bicyclic) bond motifs is 3. The van der Waals surface area contributed by atoms with Crippen LogP contribution >= 0.6 is 0 Å². The van der Waals surface area contributed by atoms with Crippen LogP contribution in [-0.4, -0.2) is 17.8 Å². The summed E-state index contributed by atoms with van der Waals surface area (Å²) in [6.45, 7) is 5.31. The molecule has 1 aromatic heterocycles. The number of halogens is 3. The monoisotopic (exact) mass is 416 g/mol. The molecule has 1 aliphatic rings. The normalized spacial score (nSPS) is 15.8. The Morgan fingerprint density at radius 3 is 2.43 bits per heavy atom. The molecule has 7 heteroatoms. The lowest BCUT2D eigenvalue weighted by atomic mass is 10.0. The Labute approximate surface area is 173 Å². The smallest absolute Gasteiger partial charge is 0.416 e. The molecule has 2 heterocycles. The fourth-order valence-corrected chi connectivity index (χ4v) is 3.84. The molecule has 0 aliphatic carbocycles. The van der Waals surface area contributed by atoms with Gasteiger partial charge in [0, 0.05) is 24.5 Å². The van der Waals surface area contributed by atoms with Crippen LogP contribution in [-0.2, 0) is 12.7 Å². The summed E-state index contributed by atoms with van der Waals surface area (Å²) in [5.74, 6) is 1.31. The molecule has 0 saturated carbocycles. The van der Waals surface area contributed by atoms with Crippen LogP contribution in [0.25, 0.3) is 5.69 Å². The zero-order chi connectivity index (χ0) is 21.3. The van der Waals surface area contributed by atoms with Gasteiger partial charge in [-0.15, -0.1) is 0 Å². The zero-order valence-corrected chi connectivity index (χ0v) is 16.8. The third kappa shape index (κ3) is 3.77. The maximum absolute atomic E-state index is 13.2. The molecule has 0 amide bonds. The van der Waals surface area contributed by atoms with Gasteiger partial charge in [0.2, 0.25) is 0 Å². The minimum atomic E-state index is -4.38. The summed E-state index contributed by atoms with van der Waals surface area (Å²) >= 11 is 0. The van der Waals surface area contributed by atoms with Crippen molar-refractivity contribution in [2.75, 3.05) is 13.2 Å². The molecule has 0 fully saturated rings. The van der Waals surface area contributed by atoms with Crippen molar-refractivity contribution in [3.8, 4) is 17.2 Å². The van der Waals surface area contributed by atoms with Crippen LogP contribution in [0.4, 0.5) is 13.2 Å². The van der Waals surface area contributed by atoms with Crippen LogP contribution in [0.3, 0.4) is 0 Å². The quantitative estimate of drug-likeness (QED) is 0.598. The highest BCUT2D eigenvalue weighted by Crippen LogP contribution is 2.38. The third-order valence-corrected chi connectivity index (χ3v) is 5.12. The molecular formula is C23H23F3N2O2. The van der Waals surface area contributed by atoms with Gasteiger partial charge in [0.05, 0.1) is 30.5 Å². The van der Waals surface area contributed by atoms with Crippen LogP contribution in [0.5, 0.6) is 11.5 Å². The Bertz CT molecular complexity index is 1040. The number of benzene rings is 2. The summed E-state index contributed by atoms with van der Waals surface area (Å²) in [5.41, 5.74) is 2.67. The SMILES string of the molecule is CCOc1cc2c(cc1OCC)-n1cccc1C(c1cccc(C(F)(F)F)c1)NC2. The predicted molar refractivity (Wildman–Crippen MR) is 108 cm³/mol. The van der Waals surface area contributed by atoms with E-state index < -0.39 is 11.7 Å². The van der Waals surface area contributed by atoms with Crippen molar-refractivity contribution in [3.05, 3.63) is 77.1 Å². The molecule has 0 bridgehead atoms. The van der Waals surface area contributed by atoms with Gasteiger partial charge in [0.25, 0.3) is 0 Å². The van der Waals surface area contributed by atoms with Crippen molar-refractivity contribution in [3.63, 3.8) is 0 Å². The third-order valence-electron chi connectivity index (χ3n) is 5.12. The molecule has 1 aliphatic heterocycles. The van der Waals surface area contributed by atoms with E-state index in [4.69, 9.17) is 9.47 Å². The number of ether oxygens (including phenoxy) is 2. The average molecular weight is 416 g/mol. The first-order valence-electron chi connectivity index (χ1n) is 9.93. The van der Waals surface area contributed by atoms with E-state index in [0.29, 0.717) is 36.8 Å². The summed E-state index contributed by atoms with van der Waals surface area (Å²) in [7, 11) is 0. The number of hydrogen-bond acceptors (Lipinski definition) is 3. The summed E-state index contributed by atoms with van der Waals surface area (Å²) in [6.07, 6.45) is -2.47. The van der Waals surface area contributed by atoms with Gasteiger partial charge < -0.3 is 19.4 Å². The number of nitrogens with one attached hydrogen (secondary N) is 1. The number of rotatable bonds is 5. The number of aromatic nitrogens is 1. The Morgan fingerprint density at radius 2 is 1.73 bits per heavy atom. The van der Waals surface area contributed by atoms with Gasteiger partial charge in [0.1, 0.15) is 0 Å². The molecule has 4 rings (SSSR count). The fraction of sp³-hybridized carbons (Fsp3) is 0.304. The lowest BCUT2D eigenvalue weighted by Crippen LogP contribution is -2.21. The Hall–Kier alpha value is -2.93. The van der Waals surface area contributed by atoms with E-state index in [9.17, 15) is 13.2 Å². The summed E-state index contributed by atoms with van der Waals surface area (Å²) in [5, 5.41) is 3.41. The van der Waals surface area contributed by atoms with E-state index in [-0.39, 0.29) is 6.04 Å². The fourth-order valence-electron chi connectivity index (χ4n) is 3.84. The van der Waals surface area contributed by atoms with Crippen molar-refractivity contribution < 1.29 is 22.6 Å². The summed E-state index contributed by atoms with van der Waals surface area (Å²) in [4.78, 5) is 0. The van der Waals surface area contributed by atoms with Gasteiger partial charge in [-0.25, -0.2) is 0 Å². The van der Waals surface area contributed by atoms with E-state index in [0.717, 1.165) is 23.0 Å². The first-order valence-corrected chi connectivity index (χ1v) is 9.93. The van der Waals surface area contributed by atoms with Crippen molar-refractivity contribution in [2.24, 2.45) is 0 Å². The van der Waals surface area contributed by atoms with Crippen molar-refractivity contribution in [1.82, 2.24) is 9.88 Å². The maximum Gasteiger partial charge on any atom is 0.416 e. The van der Waals surface area contributed by atoms with E-state index in [1.54, 1.807) is 6.07 Å². The molecule has 1 N–H and O–H groups in total. The van der Waals surface area contributed by atoms with Crippen LogP contribution < -0.4 is 14.8 Å². The molecule has 0 saturated heterocycles. The predicted octanol–water partition coefficient (Wildman–Crippen LogP) is 5.49. The maximum atomic E-state index is 13.2. The highest BCUT2D eigenvalue weighted by atomic mass is 19.4. The minimum absolute atomic E-state index is 0.388. The highest BCUT2D eigenvalue weighted by molar-refractivity contribution is 5.56. The van der Waals surface area contributed by atoms with Crippen LogP contribution in [0.15, 0.2) is 54.7 Å². The van der Waals surface area contributed by atoms with E-state index in [1.165, 1.54) is 12.1 Å². The van der Waals surface area contributed by atoms with E-state index in [1.807, 2.05) is 48.9 Å². The van der Waals surface area contributed by atoms with Gasteiger partial charge in [-0.3, -0.25) is 0 Å². The minimum Gasteiger partial charge on any atom is -0.490 e. The van der Waals surface area contributed by atoms with Crippen molar-refractivity contribution in [2.45, 2.75) is 32.6 Å². The molecule has 2 aromatic carbocycles. The first-order chi connectivity index (χ1) is 14.4. The van der Waals surface area contributed by atoms with Gasteiger partial charge >= 0.3 is 6.18 Å². The lowest BCUT2D eigenvalue weighted by molar-refractivity contribution is -0.137. The van der Waals surface area contributed by atoms with Gasteiger partial charge in [-0.05, 0) is 55.3 Å². The molecule has 30 heavy (non-hydrogen) atoms. The molecule has 1 unspecified atom stereocenters. The first kappa shape index (κ1) is 20.3. The van der Waals surface area contributed by atoms with Crippen LogP contribution in [0.2, 0.25) is 0 Å². The average Bonchev–Trinajstić information content (AvgIpc) is 3.13. The Morgan fingerprint density at radius 1 is 1.00 bits per heavy atom. The van der Waals surface area contributed by atoms with Gasteiger partial charge in [-0.2, -0.15) is 13.2 Å². The van der Waals surface area contributed by atoms with Crippen molar-refractivity contribution in [1.29, 1.82) is 0 Å². The van der Waals surface area contributed by atoms with Gasteiger partial charge in [0.15, 0.2) is 11.5 Å². The second-order valence-electron chi connectivity index (χ2n) is 7.03. The standard InChI is InChI=1S/C23H23F3N2O2/c1-3-29-20-12-16-14-27-22(15-7-5-8-17(11-15)23(24,25)26)18-9-6-10-28(18)19(16)13-21(20)30-4-2/h5-13,22,27H,3-4,14H2,1-2H3. The second-order valence-corrected chi connectivity index (χ2v) is 7.03. The molecule has 0 spiro atoms. The van der Waals surface area contributed by atoms with Crippen LogP contribution in [0, 0.1) is 0 Å². The molecule has 158 valence electrons. The molecular weight excluding hydrogens is 393 g/mol. The number of nitrogens with zero attached hydrogens (tertiary/aromatic N) is 1. The molecule has 3 aromatic rings. The van der Waals surface area contributed by atoms with Crippen LogP contribution in [0.1, 0.15) is 42.3 Å². The van der Waals surface area contributed by atoms with E-state index in [2.05, 4.69) is 5.32 Å². The Balaban J connectivity index is 1.80. The zero-order valence-electron chi connectivity index (χ0n) is 16.8. The van der Waals surface area contributed by atoms with Crippen molar-refractivity contribution >= 4 is 0 Å². The Kier molecular flexibility index (Phi) is 5.47. The molecule has 0 radical (unpaired) electrons. The molecule has 1 atom stereocenters. The van der Waals surface area contributed by atoms with Gasteiger partial charge in [-0.1, -0.05) is 12.1 Å². The topological polar surface area (TPSA) is 35.4 Å². The highest BCUT2D eigenvalue weighted by Gasteiger charge is 2.32. The summed E-state index contributed by atoms with van der Waals surface area (Å²) in [6, 6.07) is 12.8. The largest absolute Gasteiger partial charge is 0.490 e. The summed E-state index contributed by atoms with van der Waals surface area (Å²) < 4.78 is 53.3. The molecule has 4 nitrogen and oxygen atoms in total. The number of alkyl halides is 3. The lowest BCUT2D eigenvalue weighted by Gasteiger charge is -2.19. The number of hydrogen-bond donors (Lipinski definition) is 1. The second kappa shape index (κ2) is 8.07. The van der Waals surface area contributed by atoms with E-state index >= 15 is 0 Å².